The number of hydrogen-bond acceptors (Lipinski definition) is 5. The number of aryl methyl sites for hydroxylation is 1. The van der Waals surface area contributed by atoms with Gasteiger partial charge in [0.15, 0.2) is 5.70 Å². The molecule has 1 spiro atoms. The number of nitrogens with zero attached hydrogens (tertiary/aromatic N) is 3. The molecular weight excluding hydrogens is 771 g/mol. The summed E-state index contributed by atoms with van der Waals surface area (Å²) in [5, 5.41) is 14.7. The van der Waals surface area contributed by atoms with Crippen molar-refractivity contribution >= 4 is 30.6 Å². The minimum Gasteiger partial charge on any atom is -0.394 e. The van der Waals surface area contributed by atoms with E-state index < -0.39 is 62.8 Å². The number of piperidine rings is 1. The summed E-state index contributed by atoms with van der Waals surface area (Å²) < 4.78 is 127. The zero-order chi connectivity index (χ0) is 52.0. The van der Waals surface area contributed by atoms with Gasteiger partial charge in [0, 0.05) is 94.9 Å². The Kier molecular flexibility index (Phi) is 8.66. The van der Waals surface area contributed by atoms with Crippen molar-refractivity contribution in [3.63, 3.8) is 0 Å². The van der Waals surface area contributed by atoms with Gasteiger partial charge in [0.05, 0.1) is 17.8 Å². The first-order valence-corrected chi connectivity index (χ1v) is 22.7. The molecule has 0 aromatic carbocycles. The molecule has 2 saturated heterocycles. The smallest absolute Gasteiger partial charge is 0.394 e. The number of aliphatic hydroxyl groups is 1. The van der Waals surface area contributed by atoms with Crippen molar-refractivity contribution in [2.75, 3.05) is 26.1 Å². The second-order valence-electron chi connectivity index (χ2n) is 19.7. The van der Waals surface area contributed by atoms with E-state index in [1.165, 1.54) is 28.9 Å². The highest BCUT2D eigenvalue weighted by Gasteiger charge is 2.62. The van der Waals surface area contributed by atoms with Crippen LogP contribution in [0.25, 0.3) is 6.08 Å². The minimum atomic E-state index is -4.37. The number of allylic oxidation sites excluding steroid dienone is 4. The summed E-state index contributed by atoms with van der Waals surface area (Å²) in [6, 6.07) is 2.85. The molecule has 2 saturated carbocycles. The predicted molar refractivity (Wildman–Crippen MR) is 237 cm³/mol. The number of hydrogen-bond donors (Lipinski definition) is 3. The zero-order valence-electron chi connectivity index (χ0n) is 46.5. The Labute approximate surface area is 376 Å². The van der Waals surface area contributed by atoms with Gasteiger partial charge in [-0.25, -0.2) is 0 Å². The molecule has 9 nitrogen and oxygen atoms in total. The summed E-state index contributed by atoms with van der Waals surface area (Å²) >= 11 is 0. The Balaban J connectivity index is 0.835. The monoisotopic (exact) mass is 852 g/mol. The number of carbonyl (C=O) groups excluding carboxylic acids is 2. The highest BCUT2D eigenvalue weighted by molar-refractivity contribution is 6.58. The number of carbonyl (C=O) groups is 2. The van der Waals surface area contributed by atoms with Crippen molar-refractivity contribution in [3.05, 3.63) is 63.7 Å². The van der Waals surface area contributed by atoms with Crippen LogP contribution in [0, 0.1) is 35.0 Å². The van der Waals surface area contributed by atoms with E-state index >= 15 is 8.63 Å². The molecule has 8 aliphatic rings. The molecule has 8 unspecified atom stereocenters. The Morgan fingerprint density at radius 3 is 2.70 bits per heavy atom. The van der Waals surface area contributed by atoms with Crippen molar-refractivity contribution in [2.45, 2.75) is 155 Å². The van der Waals surface area contributed by atoms with E-state index in [1.54, 1.807) is 31.3 Å². The lowest BCUT2D eigenvalue weighted by Gasteiger charge is -2.49. The van der Waals surface area contributed by atoms with Crippen LogP contribution in [0.4, 0.5) is 8.63 Å². The van der Waals surface area contributed by atoms with E-state index in [1.807, 2.05) is 0 Å². The highest BCUT2D eigenvalue weighted by Crippen LogP contribution is 2.65. The molecule has 10 atom stereocenters. The topological polar surface area (TPSA) is 98.8 Å². The fourth-order valence-electron chi connectivity index (χ4n) is 13.5. The van der Waals surface area contributed by atoms with Gasteiger partial charge in [0.2, 0.25) is 11.8 Å². The maximum atomic E-state index is 15.9. The van der Waals surface area contributed by atoms with E-state index in [9.17, 15) is 14.7 Å². The maximum absolute atomic E-state index is 15.9. The van der Waals surface area contributed by atoms with Gasteiger partial charge in [-0.1, -0.05) is 44.4 Å². The highest BCUT2D eigenvalue weighted by atomic mass is 19.2. The first-order chi connectivity index (χ1) is 32.9. The molecule has 4 aliphatic carbocycles. The predicted octanol–water partition coefficient (Wildman–Crippen LogP) is 7.95. The van der Waals surface area contributed by atoms with Gasteiger partial charge < -0.3 is 38.1 Å². The summed E-state index contributed by atoms with van der Waals surface area (Å²) in [4.78, 5) is 29.1. The van der Waals surface area contributed by atoms with Crippen molar-refractivity contribution in [1.82, 2.24) is 20.0 Å². The lowest BCUT2D eigenvalue weighted by molar-refractivity contribution is -0.362. The van der Waals surface area contributed by atoms with Crippen LogP contribution in [-0.2, 0) is 20.7 Å². The van der Waals surface area contributed by atoms with Gasteiger partial charge >= 0.3 is 6.97 Å². The lowest BCUT2D eigenvalue weighted by Crippen LogP contribution is -2.54. The Bertz CT molecular complexity index is 2560. The van der Waals surface area contributed by atoms with E-state index in [0.717, 1.165) is 60.3 Å². The molecular formula is C49H70BF2N5O4. The largest absolute Gasteiger partial charge is 0.737 e. The molecule has 2 amide bonds. The molecule has 5 heterocycles. The van der Waals surface area contributed by atoms with Crippen LogP contribution < -0.4 is 10.6 Å². The van der Waals surface area contributed by atoms with Crippen LogP contribution >= 0.6 is 0 Å². The fraction of sp³-hybridized carbons (Fsp3) is 0.694. The van der Waals surface area contributed by atoms with Crippen LogP contribution in [0.1, 0.15) is 150 Å². The van der Waals surface area contributed by atoms with Crippen LogP contribution in [0.15, 0.2) is 52.3 Å². The Hall–Kier alpha value is -3.35. The van der Waals surface area contributed by atoms with Gasteiger partial charge in [-0.2, -0.15) is 0 Å². The molecule has 3 N–H and O–H groups in total. The SMILES string of the molecule is [2H]C([2H])(NC(=O)CCc1ccc2n1[B-](F)(F)[N+]1=C(C)C=C(C)C1=C2)C([2H])([2H])C([2H])([2H])C([2H])([2H])C([2H])([2H])C(=O)NCCN1CC(C)C[C@H]2OC3(CCC4C(=C3C)CC3C4CC=C4C[C@@H](O)CCC43C)C(C)C21. The number of halogens is 2. The molecule has 0 radical (unpaired) electrons. The molecule has 1 aromatic rings. The molecule has 9 rings (SSSR count). The number of ether oxygens (including phenoxy) is 1. The third-order valence-corrected chi connectivity index (χ3v) is 16.4. The number of rotatable bonds is 12. The summed E-state index contributed by atoms with van der Waals surface area (Å²) in [6.07, 6.45) is -4.02. The van der Waals surface area contributed by atoms with E-state index in [0.29, 0.717) is 41.3 Å². The number of likely N-dealkylation sites (tertiary alicyclic amines) is 1. The molecule has 61 heavy (non-hydrogen) atoms. The van der Waals surface area contributed by atoms with E-state index in [-0.39, 0.29) is 66.4 Å². The maximum Gasteiger partial charge on any atom is 0.737 e. The molecule has 1 aromatic heterocycles. The standard InChI is InChI=1S/C49H70BF2N5O4/c1-30-24-44-47(34(5)49(61-44)20-18-39-40-15-11-35-26-38(58)17-19-48(35,6)42(40)28-41(39)33(49)4)55(29-30)23-22-54-45(59)10-8-7-9-21-53-46(60)16-14-36-12-13-37-27-43-31(2)25-32(3)56(43)50(51,52)57(36)37/h11-13,25,27,30,34,38-40,42,44,47,58H,7-10,14-24,26,28-29H2,1-6H3,(H,53,60)(H,54,59)/t30?,34?,38-,39?,40?,42?,44+,47?,48?,49?/m0/s1/i7D2,8D2,9D2,10D2,21D2. The number of aromatic nitrogens is 1. The van der Waals surface area contributed by atoms with Crippen molar-refractivity contribution in [1.29, 1.82) is 0 Å². The summed E-state index contributed by atoms with van der Waals surface area (Å²) in [5.74, 6) is -0.823. The Morgan fingerprint density at radius 1 is 1.07 bits per heavy atom. The van der Waals surface area contributed by atoms with Crippen molar-refractivity contribution in [2.24, 2.45) is 35.0 Å². The van der Waals surface area contributed by atoms with Crippen LogP contribution in [0.2, 0.25) is 0 Å². The van der Waals surface area contributed by atoms with Gasteiger partial charge in [-0.3, -0.25) is 14.5 Å². The van der Waals surface area contributed by atoms with Crippen molar-refractivity contribution < 1.29 is 46.3 Å². The molecule has 4 fully saturated rings. The third-order valence-electron chi connectivity index (χ3n) is 16.4. The van der Waals surface area contributed by atoms with Gasteiger partial charge in [-0.05, 0) is 137 Å². The van der Waals surface area contributed by atoms with Crippen LogP contribution in [0.3, 0.4) is 0 Å². The van der Waals surface area contributed by atoms with Crippen LogP contribution in [-0.4, -0.2) is 93.4 Å². The molecule has 12 heteroatoms. The van der Waals surface area contributed by atoms with E-state index in [2.05, 4.69) is 44.0 Å². The number of aliphatic hydroxyl groups excluding tert-OH is 1. The first kappa shape index (κ1) is 32.3. The van der Waals surface area contributed by atoms with Gasteiger partial charge in [0.1, 0.15) is 5.71 Å². The second kappa shape index (κ2) is 16.3. The molecule has 4 aliphatic heterocycles. The fourth-order valence-corrected chi connectivity index (χ4v) is 13.5. The van der Waals surface area contributed by atoms with Gasteiger partial charge in [-0.15, -0.1) is 0 Å². The minimum absolute atomic E-state index is 0.0258. The number of nitrogens with one attached hydrogen (secondary N) is 2. The average molecular weight is 852 g/mol. The summed E-state index contributed by atoms with van der Waals surface area (Å²) in [6.45, 7) is 5.06. The zero-order valence-corrected chi connectivity index (χ0v) is 36.5. The van der Waals surface area contributed by atoms with E-state index in [4.69, 9.17) is 18.4 Å². The summed E-state index contributed by atoms with van der Waals surface area (Å²) in [7, 11) is 0. The quantitative estimate of drug-likeness (QED) is 0.147. The normalized spacial score (nSPS) is 39.7. The van der Waals surface area contributed by atoms with Gasteiger partial charge in [0.25, 0.3) is 0 Å². The average Bonchev–Trinajstić information content (AvgIpc) is 4.03. The van der Waals surface area contributed by atoms with Crippen molar-refractivity contribution in [3.8, 4) is 0 Å². The first-order valence-electron chi connectivity index (χ1n) is 27.7. The number of fused-ring (bicyclic) bond motifs is 8. The summed E-state index contributed by atoms with van der Waals surface area (Å²) in [5.41, 5.74) is 5.50. The van der Waals surface area contributed by atoms with Crippen LogP contribution in [0.5, 0.6) is 0 Å². The molecule has 0 bridgehead atoms. The molecule has 332 valence electrons. The lowest BCUT2D eigenvalue weighted by atomic mass is 9.56. The number of amides is 2. The third kappa shape index (κ3) is 7.36. The second-order valence-corrected chi connectivity index (χ2v) is 19.7. The Morgan fingerprint density at radius 2 is 1.89 bits per heavy atom.